The smallest absolute Gasteiger partial charge is 0.275 e. The highest BCUT2D eigenvalue weighted by Gasteiger charge is 2.22. The number of fused-ring (bicyclic) bond motifs is 1. The Morgan fingerprint density at radius 3 is 2.28 bits per heavy atom. The second-order valence-corrected chi connectivity index (χ2v) is 6.72. The van der Waals surface area contributed by atoms with Crippen molar-refractivity contribution in [2.24, 2.45) is 5.92 Å². The molecule has 1 aromatic carbocycles. The fourth-order valence-electron chi connectivity index (χ4n) is 2.46. The number of nitrogens with zero attached hydrogens (tertiary/aromatic N) is 4. The average molecular weight is 344 g/mol. The Balaban J connectivity index is 2.52. The molecule has 25 heavy (non-hydrogen) atoms. The van der Waals surface area contributed by atoms with Crippen molar-refractivity contribution in [3.8, 4) is 0 Å². The van der Waals surface area contributed by atoms with Gasteiger partial charge in [0.2, 0.25) is 5.91 Å². The Kier molecular flexibility index (Phi) is 5.56. The van der Waals surface area contributed by atoms with Crippen LogP contribution in [0.3, 0.4) is 0 Å². The molecule has 134 valence electrons. The van der Waals surface area contributed by atoms with Gasteiger partial charge in [-0.15, -0.1) is 0 Å². The monoisotopic (exact) mass is 344 g/mol. The minimum absolute atomic E-state index is 0.0504. The van der Waals surface area contributed by atoms with Crippen molar-refractivity contribution in [3.05, 3.63) is 40.3 Å². The van der Waals surface area contributed by atoms with Gasteiger partial charge in [0.1, 0.15) is 0 Å². The van der Waals surface area contributed by atoms with Crippen LogP contribution >= 0.6 is 0 Å². The fraction of sp³-hybridized carbons (Fsp3) is 0.444. The predicted molar refractivity (Wildman–Crippen MR) is 96.5 cm³/mol. The van der Waals surface area contributed by atoms with Gasteiger partial charge < -0.3 is 9.80 Å². The van der Waals surface area contributed by atoms with Crippen LogP contribution in [0.15, 0.2) is 29.1 Å². The molecule has 0 atom stereocenters. The third kappa shape index (κ3) is 4.04. The summed E-state index contributed by atoms with van der Waals surface area (Å²) < 4.78 is 1.34. The summed E-state index contributed by atoms with van der Waals surface area (Å²) in [7, 11) is 4.83. The maximum absolute atomic E-state index is 12.8. The topological polar surface area (TPSA) is 75.5 Å². The molecule has 0 bridgehead atoms. The Morgan fingerprint density at radius 2 is 1.72 bits per heavy atom. The van der Waals surface area contributed by atoms with Crippen LogP contribution in [0.25, 0.3) is 10.8 Å². The minimum atomic E-state index is -0.385. The molecule has 0 aliphatic rings. The van der Waals surface area contributed by atoms with E-state index < -0.39 is 0 Å². The fourth-order valence-corrected chi connectivity index (χ4v) is 2.46. The Bertz CT molecular complexity index is 855. The van der Waals surface area contributed by atoms with Crippen molar-refractivity contribution in [2.75, 3.05) is 27.7 Å². The van der Waals surface area contributed by atoms with Gasteiger partial charge in [-0.3, -0.25) is 14.4 Å². The summed E-state index contributed by atoms with van der Waals surface area (Å²) in [5.41, 5.74) is -0.0298. The molecule has 1 aromatic heterocycles. The summed E-state index contributed by atoms with van der Waals surface area (Å²) in [6.45, 7) is 4.33. The Labute approximate surface area is 146 Å². The summed E-state index contributed by atoms with van der Waals surface area (Å²) in [5, 5.41) is 5.26. The minimum Gasteiger partial charge on any atom is -0.347 e. The van der Waals surface area contributed by atoms with Gasteiger partial charge in [-0.05, 0) is 12.0 Å². The Hall–Kier alpha value is -2.70. The first-order valence-corrected chi connectivity index (χ1v) is 8.17. The maximum Gasteiger partial charge on any atom is 0.275 e. The van der Waals surface area contributed by atoms with E-state index in [1.54, 1.807) is 45.4 Å². The highest BCUT2D eigenvalue weighted by atomic mass is 16.2. The molecule has 2 rings (SSSR count). The number of rotatable bonds is 5. The molecule has 0 aliphatic carbocycles. The van der Waals surface area contributed by atoms with Gasteiger partial charge in [0.25, 0.3) is 11.5 Å². The van der Waals surface area contributed by atoms with Crippen LogP contribution in [0.2, 0.25) is 0 Å². The van der Waals surface area contributed by atoms with Crippen LogP contribution in [0.4, 0.5) is 0 Å². The molecule has 0 N–H and O–H groups in total. The van der Waals surface area contributed by atoms with Crippen molar-refractivity contribution < 1.29 is 9.59 Å². The molecule has 7 nitrogen and oxygen atoms in total. The van der Waals surface area contributed by atoms with E-state index in [4.69, 9.17) is 0 Å². The number of amides is 2. The number of hydrogen-bond acceptors (Lipinski definition) is 4. The normalized spacial score (nSPS) is 11.0. The van der Waals surface area contributed by atoms with Crippen molar-refractivity contribution in [1.82, 2.24) is 19.6 Å². The molecule has 1 heterocycles. The number of hydrogen-bond donors (Lipinski definition) is 0. The van der Waals surface area contributed by atoms with Crippen LogP contribution in [0.1, 0.15) is 24.3 Å². The summed E-state index contributed by atoms with van der Waals surface area (Å²) in [6.07, 6.45) is 0. The highest BCUT2D eigenvalue weighted by molar-refractivity contribution is 6.05. The molecular formula is C18H24N4O3. The zero-order valence-electron chi connectivity index (χ0n) is 15.3. The van der Waals surface area contributed by atoms with Crippen molar-refractivity contribution in [1.29, 1.82) is 0 Å². The zero-order valence-corrected chi connectivity index (χ0v) is 15.3. The van der Waals surface area contributed by atoms with Crippen LogP contribution in [-0.2, 0) is 11.3 Å². The molecule has 2 aromatic rings. The second kappa shape index (κ2) is 7.46. The number of likely N-dealkylation sites (N-methyl/N-ethyl adjacent to an activating group) is 2. The van der Waals surface area contributed by atoms with Crippen LogP contribution in [0, 0.1) is 5.92 Å². The first-order valence-electron chi connectivity index (χ1n) is 8.17. The van der Waals surface area contributed by atoms with Crippen molar-refractivity contribution in [3.63, 3.8) is 0 Å². The lowest BCUT2D eigenvalue weighted by atomic mass is 10.1. The number of aromatic nitrogens is 2. The summed E-state index contributed by atoms with van der Waals surface area (Å²) >= 11 is 0. The number of benzene rings is 1. The lowest BCUT2D eigenvalue weighted by Gasteiger charge is -2.20. The highest BCUT2D eigenvalue weighted by Crippen LogP contribution is 2.15. The predicted octanol–water partition coefficient (Wildman–Crippen LogP) is 1.21. The number of carbonyl (C=O) groups is 2. The van der Waals surface area contributed by atoms with E-state index in [-0.39, 0.29) is 35.5 Å². The molecule has 7 heteroatoms. The van der Waals surface area contributed by atoms with E-state index in [0.717, 1.165) is 0 Å². The lowest BCUT2D eigenvalue weighted by Crippen LogP contribution is -2.39. The molecule has 0 aliphatic heterocycles. The SMILES string of the molecule is CC(C)Cn1nc(C(=O)N(C)CC(=O)N(C)C)c2ccccc2c1=O. The van der Waals surface area contributed by atoms with Gasteiger partial charge >= 0.3 is 0 Å². The summed E-state index contributed by atoms with van der Waals surface area (Å²) in [5.74, 6) is -0.359. The zero-order chi connectivity index (χ0) is 18.7. The van der Waals surface area contributed by atoms with Crippen LogP contribution < -0.4 is 5.56 Å². The molecule has 0 radical (unpaired) electrons. The number of carbonyl (C=O) groups excluding carboxylic acids is 2. The Morgan fingerprint density at radius 1 is 1.12 bits per heavy atom. The van der Waals surface area contributed by atoms with E-state index in [2.05, 4.69) is 5.10 Å². The van der Waals surface area contributed by atoms with Gasteiger partial charge in [-0.25, -0.2) is 4.68 Å². The summed E-state index contributed by atoms with van der Waals surface area (Å²) in [6, 6.07) is 6.92. The van der Waals surface area contributed by atoms with Crippen molar-refractivity contribution >= 4 is 22.6 Å². The second-order valence-electron chi connectivity index (χ2n) is 6.72. The van der Waals surface area contributed by atoms with E-state index in [1.807, 2.05) is 13.8 Å². The standard InChI is InChI=1S/C18H24N4O3/c1-12(2)10-22-17(24)14-9-7-6-8-13(14)16(19-22)18(25)21(5)11-15(23)20(3)4/h6-9,12H,10-11H2,1-5H3. The van der Waals surface area contributed by atoms with Gasteiger partial charge in [0.15, 0.2) is 5.69 Å². The summed E-state index contributed by atoms with van der Waals surface area (Å²) in [4.78, 5) is 40.1. The molecule has 0 spiro atoms. The van der Waals surface area contributed by atoms with Crippen LogP contribution in [0.5, 0.6) is 0 Å². The van der Waals surface area contributed by atoms with Crippen molar-refractivity contribution in [2.45, 2.75) is 20.4 Å². The average Bonchev–Trinajstić information content (AvgIpc) is 2.56. The van der Waals surface area contributed by atoms with E-state index in [0.29, 0.717) is 17.3 Å². The molecule has 0 fully saturated rings. The van der Waals surface area contributed by atoms with E-state index in [1.165, 1.54) is 14.5 Å². The molecular weight excluding hydrogens is 320 g/mol. The van der Waals surface area contributed by atoms with Crippen LogP contribution in [-0.4, -0.2) is 59.1 Å². The van der Waals surface area contributed by atoms with E-state index >= 15 is 0 Å². The van der Waals surface area contributed by atoms with Gasteiger partial charge in [-0.1, -0.05) is 32.0 Å². The van der Waals surface area contributed by atoms with Gasteiger partial charge in [0, 0.05) is 33.1 Å². The molecule has 0 saturated heterocycles. The quantitative estimate of drug-likeness (QED) is 0.817. The molecule has 2 amide bonds. The lowest BCUT2D eigenvalue weighted by molar-refractivity contribution is -0.129. The molecule has 0 saturated carbocycles. The molecule has 0 unspecified atom stereocenters. The maximum atomic E-state index is 12.8. The van der Waals surface area contributed by atoms with Gasteiger partial charge in [0.05, 0.1) is 11.9 Å². The third-order valence-electron chi connectivity index (χ3n) is 3.83. The first kappa shape index (κ1) is 18.6. The largest absolute Gasteiger partial charge is 0.347 e. The van der Waals surface area contributed by atoms with E-state index in [9.17, 15) is 14.4 Å². The first-order chi connectivity index (χ1) is 11.7. The van der Waals surface area contributed by atoms with Gasteiger partial charge in [-0.2, -0.15) is 5.10 Å². The third-order valence-corrected chi connectivity index (χ3v) is 3.83.